The summed E-state index contributed by atoms with van der Waals surface area (Å²) in [6, 6.07) is 4.29. The van der Waals surface area contributed by atoms with Gasteiger partial charge in [0.1, 0.15) is 4.47 Å². The number of halogens is 2. The molecular weight excluding hydrogens is 353 g/mol. The van der Waals surface area contributed by atoms with Gasteiger partial charge < -0.3 is 10.1 Å². The Labute approximate surface area is 126 Å². The minimum Gasteiger partial charge on any atom is -0.423 e. The summed E-state index contributed by atoms with van der Waals surface area (Å²) in [4.78, 5) is 21.8. The van der Waals surface area contributed by atoms with Crippen molar-refractivity contribution in [2.24, 2.45) is 0 Å². The van der Waals surface area contributed by atoms with Crippen molar-refractivity contribution in [2.45, 2.75) is 0 Å². The molecule has 0 atom stereocenters. The van der Waals surface area contributed by atoms with Gasteiger partial charge >= 0.3 is 6.01 Å². The monoisotopic (exact) mass is 359 g/mol. The number of aromatic nitrogens is 3. The second-order valence-corrected chi connectivity index (χ2v) is 4.54. The number of anilines is 1. The van der Waals surface area contributed by atoms with Gasteiger partial charge in [0.05, 0.1) is 4.92 Å². The van der Waals surface area contributed by atoms with Crippen LogP contribution < -0.4 is 10.1 Å². The summed E-state index contributed by atoms with van der Waals surface area (Å²) >= 11 is 8.82. The van der Waals surface area contributed by atoms with E-state index in [1.54, 1.807) is 7.05 Å². The van der Waals surface area contributed by atoms with Crippen molar-refractivity contribution in [1.82, 2.24) is 15.0 Å². The Kier molecular flexibility index (Phi) is 4.30. The molecule has 0 radical (unpaired) electrons. The van der Waals surface area contributed by atoms with E-state index in [1.807, 2.05) is 0 Å². The van der Waals surface area contributed by atoms with Crippen LogP contribution in [-0.4, -0.2) is 26.9 Å². The number of benzene rings is 1. The molecule has 1 heterocycles. The van der Waals surface area contributed by atoms with E-state index in [1.165, 1.54) is 18.2 Å². The lowest BCUT2D eigenvalue weighted by Gasteiger charge is -2.07. The molecule has 104 valence electrons. The number of rotatable bonds is 4. The number of nitrogens with one attached hydrogen (secondary N) is 1. The zero-order chi connectivity index (χ0) is 14.7. The fourth-order valence-corrected chi connectivity index (χ4v) is 1.95. The van der Waals surface area contributed by atoms with E-state index in [2.05, 4.69) is 36.2 Å². The predicted octanol–water partition coefficient (Wildman–Crippen LogP) is 3.03. The first-order valence-electron chi connectivity index (χ1n) is 5.21. The van der Waals surface area contributed by atoms with Crippen LogP contribution in [0.4, 0.5) is 11.6 Å². The predicted molar refractivity (Wildman–Crippen MR) is 75.3 cm³/mol. The summed E-state index contributed by atoms with van der Waals surface area (Å²) in [5.74, 6) is 0.421. The molecule has 0 unspecified atom stereocenters. The van der Waals surface area contributed by atoms with Crippen LogP contribution in [0, 0.1) is 10.1 Å². The van der Waals surface area contributed by atoms with E-state index in [9.17, 15) is 10.1 Å². The average Bonchev–Trinajstić information content (AvgIpc) is 2.40. The molecule has 20 heavy (non-hydrogen) atoms. The van der Waals surface area contributed by atoms with E-state index in [-0.39, 0.29) is 33.2 Å². The van der Waals surface area contributed by atoms with Gasteiger partial charge in [-0.25, -0.2) is 0 Å². The number of nitrogens with zero attached hydrogens (tertiary/aromatic N) is 4. The molecule has 0 aliphatic rings. The van der Waals surface area contributed by atoms with Crippen molar-refractivity contribution < 1.29 is 9.66 Å². The van der Waals surface area contributed by atoms with Crippen molar-refractivity contribution in [1.29, 1.82) is 0 Å². The van der Waals surface area contributed by atoms with E-state index in [0.717, 1.165) is 0 Å². The van der Waals surface area contributed by atoms with Crippen LogP contribution in [0.15, 0.2) is 22.7 Å². The SMILES string of the molecule is CNc1nc(Cl)nc(Oc2cccc([N+](=O)[O-])c2Br)n1. The van der Waals surface area contributed by atoms with Crippen molar-refractivity contribution >= 4 is 39.2 Å². The lowest BCUT2D eigenvalue weighted by atomic mass is 10.3. The highest BCUT2D eigenvalue weighted by molar-refractivity contribution is 9.10. The molecule has 2 rings (SSSR count). The summed E-state index contributed by atoms with van der Waals surface area (Å²) in [6.45, 7) is 0. The Hall–Kier alpha value is -2.00. The minimum absolute atomic E-state index is 0.0547. The van der Waals surface area contributed by atoms with Gasteiger partial charge in [0, 0.05) is 13.1 Å². The number of hydrogen-bond donors (Lipinski definition) is 1. The van der Waals surface area contributed by atoms with Gasteiger partial charge in [-0.3, -0.25) is 10.1 Å². The van der Waals surface area contributed by atoms with E-state index in [4.69, 9.17) is 16.3 Å². The summed E-state index contributed by atoms with van der Waals surface area (Å²) < 4.78 is 5.57. The van der Waals surface area contributed by atoms with E-state index >= 15 is 0 Å². The lowest BCUT2D eigenvalue weighted by molar-refractivity contribution is -0.385. The number of nitro benzene ring substituents is 1. The molecule has 0 fully saturated rings. The number of nitro groups is 1. The third-order valence-corrected chi connectivity index (χ3v) is 3.12. The summed E-state index contributed by atoms with van der Waals surface area (Å²) in [6.07, 6.45) is 0. The third-order valence-electron chi connectivity index (χ3n) is 2.15. The molecule has 0 saturated heterocycles. The molecule has 8 nitrogen and oxygen atoms in total. The van der Waals surface area contributed by atoms with Gasteiger partial charge in [-0.2, -0.15) is 15.0 Å². The van der Waals surface area contributed by atoms with Crippen molar-refractivity contribution in [3.05, 3.63) is 38.1 Å². The quantitative estimate of drug-likeness (QED) is 0.660. The molecule has 0 amide bonds. The Morgan fingerprint density at radius 1 is 1.40 bits per heavy atom. The molecule has 0 bridgehead atoms. The maximum atomic E-state index is 10.8. The van der Waals surface area contributed by atoms with Gasteiger partial charge in [-0.1, -0.05) is 6.07 Å². The first-order valence-corrected chi connectivity index (χ1v) is 6.38. The fraction of sp³-hybridized carbons (Fsp3) is 0.100. The van der Waals surface area contributed by atoms with Crippen LogP contribution in [-0.2, 0) is 0 Å². The second-order valence-electron chi connectivity index (χ2n) is 3.41. The molecule has 2 aromatic rings. The topological polar surface area (TPSA) is 103 Å². The molecule has 1 N–H and O–H groups in total. The average molecular weight is 361 g/mol. The highest BCUT2D eigenvalue weighted by Crippen LogP contribution is 2.35. The number of hydrogen-bond acceptors (Lipinski definition) is 7. The molecule has 0 aliphatic heterocycles. The summed E-state index contributed by atoms with van der Waals surface area (Å²) in [5.41, 5.74) is -0.128. The van der Waals surface area contributed by atoms with Crippen molar-refractivity contribution in [3.63, 3.8) is 0 Å². The molecular formula is C10H7BrClN5O3. The van der Waals surface area contributed by atoms with Gasteiger partial charge in [0.2, 0.25) is 11.2 Å². The molecule has 1 aromatic carbocycles. The molecule has 10 heteroatoms. The lowest BCUT2D eigenvalue weighted by Crippen LogP contribution is -2.01. The standard InChI is InChI=1S/C10H7BrClN5O3/c1-13-9-14-8(12)15-10(16-9)20-6-4-2-3-5(7(6)11)17(18)19/h2-4H,1H3,(H,13,14,15,16). The van der Waals surface area contributed by atoms with Crippen LogP contribution in [0.3, 0.4) is 0 Å². The van der Waals surface area contributed by atoms with Gasteiger partial charge in [-0.15, -0.1) is 0 Å². The largest absolute Gasteiger partial charge is 0.423 e. The molecule has 0 spiro atoms. The third kappa shape index (κ3) is 3.11. The van der Waals surface area contributed by atoms with Gasteiger partial charge in [0.15, 0.2) is 5.75 Å². The van der Waals surface area contributed by atoms with Crippen LogP contribution in [0.5, 0.6) is 11.8 Å². The Bertz CT molecular complexity index is 669. The summed E-state index contributed by atoms with van der Waals surface area (Å²) in [5, 5.41) is 13.5. The van der Waals surface area contributed by atoms with Crippen LogP contribution in [0.25, 0.3) is 0 Å². The van der Waals surface area contributed by atoms with E-state index in [0.29, 0.717) is 0 Å². The second kappa shape index (κ2) is 5.97. The molecule has 0 saturated carbocycles. The Morgan fingerprint density at radius 3 is 2.80 bits per heavy atom. The van der Waals surface area contributed by atoms with Gasteiger partial charge in [-0.05, 0) is 33.6 Å². The maximum Gasteiger partial charge on any atom is 0.328 e. The van der Waals surface area contributed by atoms with Crippen molar-refractivity contribution in [2.75, 3.05) is 12.4 Å². The smallest absolute Gasteiger partial charge is 0.328 e. The molecule has 1 aromatic heterocycles. The van der Waals surface area contributed by atoms with E-state index < -0.39 is 4.92 Å². The zero-order valence-electron chi connectivity index (χ0n) is 10.0. The van der Waals surface area contributed by atoms with Crippen molar-refractivity contribution in [3.8, 4) is 11.8 Å². The maximum absolute atomic E-state index is 10.8. The summed E-state index contributed by atoms with van der Waals surface area (Å²) in [7, 11) is 1.61. The zero-order valence-corrected chi connectivity index (χ0v) is 12.3. The highest BCUT2D eigenvalue weighted by atomic mass is 79.9. The van der Waals surface area contributed by atoms with Crippen LogP contribution >= 0.6 is 27.5 Å². The normalized spacial score (nSPS) is 10.2. The Balaban J connectivity index is 2.37. The molecule has 0 aliphatic carbocycles. The van der Waals surface area contributed by atoms with Crippen LogP contribution in [0.1, 0.15) is 0 Å². The van der Waals surface area contributed by atoms with Gasteiger partial charge in [0.25, 0.3) is 5.69 Å². The first-order chi connectivity index (χ1) is 9.51. The Morgan fingerprint density at radius 2 is 2.15 bits per heavy atom. The fourth-order valence-electron chi connectivity index (χ4n) is 1.31. The highest BCUT2D eigenvalue weighted by Gasteiger charge is 2.17. The first kappa shape index (κ1) is 14.4. The number of ether oxygens (including phenoxy) is 1. The van der Waals surface area contributed by atoms with Crippen LogP contribution in [0.2, 0.25) is 5.28 Å². The minimum atomic E-state index is -0.531.